The zero-order valence-electron chi connectivity index (χ0n) is 13.8. The SMILES string of the molecule is CCCCOc1ccc(NC(=O)CNc2cccc(C)c2)cc1. The van der Waals surface area contributed by atoms with E-state index >= 15 is 0 Å². The molecule has 0 unspecified atom stereocenters. The molecule has 0 saturated carbocycles. The Bertz CT molecular complexity index is 624. The maximum absolute atomic E-state index is 12.0. The largest absolute Gasteiger partial charge is 0.494 e. The Morgan fingerprint density at radius 3 is 2.57 bits per heavy atom. The minimum absolute atomic E-state index is 0.0776. The summed E-state index contributed by atoms with van der Waals surface area (Å²) in [6, 6.07) is 15.4. The van der Waals surface area contributed by atoms with Crippen molar-refractivity contribution in [2.24, 2.45) is 0 Å². The second-order valence-corrected chi connectivity index (χ2v) is 5.50. The van der Waals surface area contributed by atoms with Gasteiger partial charge in [0.1, 0.15) is 5.75 Å². The minimum Gasteiger partial charge on any atom is -0.494 e. The molecule has 0 heterocycles. The normalized spacial score (nSPS) is 10.2. The standard InChI is InChI=1S/C19H24N2O2/c1-3-4-12-23-18-10-8-16(9-11-18)21-19(22)14-20-17-7-5-6-15(2)13-17/h5-11,13,20H,3-4,12,14H2,1-2H3,(H,21,22). The van der Waals surface area contributed by atoms with Gasteiger partial charge in [-0.15, -0.1) is 0 Å². The van der Waals surface area contributed by atoms with E-state index in [0.29, 0.717) is 0 Å². The summed E-state index contributed by atoms with van der Waals surface area (Å²) in [5, 5.41) is 5.98. The smallest absolute Gasteiger partial charge is 0.243 e. The summed E-state index contributed by atoms with van der Waals surface area (Å²) in [6.45, 7) is 5.11. The number of hydrogen-bond acceptors (Lipinski definition) is 3. The summed E-state index contributed by atoms with van der Waals surface area (Å²) in [7, 11) is 0. The molecule has 0 bridgehead atoms. The lowest BCUT2D eigenvalue weighted by atomic mass is 10.2. The van der Waals surface area contributed by atoms with E-state index in [1.54, 1.807) is 0 Å². The van der Waals surface area contributed by atoms with Crippen LogP contribution in [0, 0.1) is 6.92 Å². The number of ether oxygens (including phenoxy) is 1. The van der Waals surface area contributed by atoms with Crippen molar-refractivity contribution < 1.29 is 9.53 Å². The van der Waals surface area contributed by atoms with Crippen LogP contribution >= 0.6 is 0 Å². The lowest BCUT2D eigenvalue weighted by Gasteiger charge is -2.09. The first-order chi connectivity index (χ1) is 11.2. The second kappa shape index (κ2) is 8.83. The Balaban J connectivity index is 1.78. The fourth-order valence-electron chi connectivity index (χ4n) is 2.11. The molecule has 2 N–H and O–H groups in total. The molecule has 0 aliphatic rings. The third-order valence-corrected chi connectivity index (χ3v) is 3.38. The van der Waals surface area contributed by atoms with E-state index in [1.807, 2.05) is 55.5 Å². The number of amides is 1. The molecular weight excluding hydrogens is 288 g/mol. The zero-order valence-corrected chi connectivity index (χ0v) is 13.8. The number of rotatable bonds is 8. The quantitative estimate of drug-likeness (QED) is 0.717. The second-order valence-electron chi connectivity index (χ2n) is 5.50. The van der Waals surface area contributed by atoms with Crippen molar-refractivity contribution in [3.8, 4) is 5.75 Å². The molecule has 0 fully saturated rings. The molecule has 1 amide bonds. The van der Waals surface area contributed by atoms with E-state index in [9.17, 15) is 4.79 Å². The Morgan fingerprint density at radius 1 is 1.09 bits per heavy atom. The van der Waals surface area contributed by atoms with Gasteiger partial charge in [0.15, 0.2) is 0 Å². The van der Waals surface area contributed by atoms with E-state index < -0.39 is 0 Å². The van der Waals surface area contributed by atoms with E-state index in [4.69, 9.17) is 4.74 Å². The molecule has 2 aromatic carbocycles. The predicted octanol–water partition coefficient (Wildman–Crippen LogP) is 4.22. The summed E-state index contributed by atoms with van der Waals surface area (Å²) in [5.41, 5.74) is 2.87. The van der Waals surface area contributed by atoms with Crippen molar-refractivity contribution in [2.75, 3.05) is 23.8 Å². The van der Waals surface area contributed by atoms with Gasteiger partial charge in [-0.25, -0.2) is 0 Å². The number of aryl methyl sites for hydroxylation is 1. The zero-order chi connectivity index (χ0) is 16.5. The van der Waals surface area contributed by atoms with Gasteiger partial charge in [0.05, 0.1) is 13.2 Å². The molecule has 2 aromatic rings. The van der Waals surface area contributed by atoms with Crippen LogP contribution in [0.3, 0.4) is 0 Å². The maximum atomic E-state index is 12.0. The van der Waals surface area contributed by atoms with Gasteiger partial charge < -0.3 is 15.4 Å². The van der Waals surface area contributed by atoms with Crippen molar-refractivity contribution in [1.82, 2.24) is 0 Å². The van der Waals surface area contributed by atoms with Crippen LogP contribution < -0.4 is 15.4 Å². The lowest BCUT2D eigenvalue weighted by molar-refractivity contribution is -0.114. The van der Waals surface area contributed by atoms with Gasteiger partial charge in [0.25, 0.3) is 0 Å². The molecule has 2 rings (SSSR count). The highest BCUT2D eigenvalue weighted by atomic mass is 16.5. The van der Waals surface area contributed by atoms with Gasteiger partial charge in [0, 0.05) is 11.4 Å². The third kappa shape index (κ3) is 6.02. The summed E-state index contributed by atoms with van der Waals surface area (Å²) in [5.74, 6) is 0.750. The molecule has 0 atom stereocenters. The fraction of sp³-hybridized carbons (Fsp3) is 0.316. The fourth-order valence-corrected chi connectivity index (χ4v) is 2.11. The third-order valence-electron chi connectivity index (χ3n) is 3.38. The Kier molecular flexibility index (Phi) is 6.48. The number of nitrogens with one attached hydrogen (secondary N) is 2. The van der Waals surface area contributed by atoms with Crippen LogP contribution in [0.2, 0.25) is 0 Å². The molecule has 0 aliphatic carbocycles. The van der Waals surface area contributed by atoms with Gasteiger partial charge >= 0.3 is 0 Å². The first kappa shape index (κ1) is 16.9. The monoisotopic (exact) mass is 312 g/mol. The van der Waals surface area contributed by atoms with Crippen LogP contribution in [0.5, 0.6) is 5.75 Å². The van der Waals surface area contributed by atoms with E-state index in [-0.39, 0.29) is 12.5 Å². The van der Waals surface area contributed by atoms with Crippen molar-refractivity contribution in [3.63, 3.8) is 0 Å². The highest BCUT2D eigenvalue weighted by Crippen LogP contribution is 2.16. The van der Waals surface area contributed by atoms with Crippen LogP contribution in [-0.2, 0) is 4.79 Å². The van der Waals surface area contributed by atoms with Gasteiger partial charge in [-0.1, -0.05) is 25.5 Å². The van der Waals surface area contributed by atoms with Gasteiger partial charge in [-0.3, -0.25) is 4.79 Å². The Labute approximate surface area is 137 Å². The average Bonchev–Trinajstić information content (AvgIpc) is 2.55. The van der Waals surface area contributed by atoms with Crippen molar-refractivity contribution >= 4 is 17.3 Å². The molecule has 0 saturated heterocycles. The number of carbonyl (C=O) groups is 1. The van der Waals surface area contributed by atoms with Crippen LogP contribution in [-0.4, -0.2) is 19.1 Å². The Morgan fingerprint density at radius 2 is 1.87 bits per heavy atom. The van der Waals surface area contributed by atoms with Crippen LogP contribution in [0.15, 0.2) is 48.5 Å². The Hall–Kier alpha value is -2.49. The highest BCUT2D eigenvalue weighted by molar-refractivity contribution is 5.93. The molecule has 4 heteroatoms. The van der Waals surface area contributed by atoms with Crippen LogP contribution in [0.25, 0.3) is 0 Å². The van der Waals surface area contributed by atoms with E-state index in [0.717, 1.165) is 42.1 Å². The van der Waals surface area contributed by atoms with Crippen molar-refractivity contribution in [2.45, 2.75) is 26.7 Å². The number of unbranched alkanes of at least 4 members (excludes halogenated alkanes) is 1. The molecular formula is C19H24N2O2. The predicted molar refractivity (Wildman–Crippen MR) is 95.1 cm³/mol. The summed E-state index contributed by atoms with van der Waals surface area (Å²) >= 11 is 0. The van der Waals surface area contributed by atoms with Gasteiger partial charge in [0.2, 0.25) is 5.91 Å². The first-order valence-corrected chi connectivity index (χ1v) is 8.00. The molecule has 0 radical (unpaired) electrons. The van der Waals surface area contributed by atoms with Gasteiger partial charge in [-0.2, -0.15) is 0 Å². The van der Waals surface area contributed by atoms with Gasteiger partial charge in [-0.05, 0) is 55.3 Å². The topological polar surface area (TPSA) is 50.4 Å². The molecule has 122 valence electrons. The molecule has 0 aromatic heterocycles. The summed E-state index contributed by atoms with van der Waals surface area (Å²) < 4.78 is 5.60. The highest BCUT2D eigenvalue weighted by Gasteiger charge is 2.03. The maximum Gasteiger partial charge on any atom is 0.243 e. The average molecular weight is 312 g/mol. The molecule has 0 spiro atoms. The van der Waals surface area contributed by atoms with Crippen LogP contribution in [0.4, 0.5) is 11.4 Å². The van der Waals surface area contributed by atoms with E-state index in [2.05, 4.69) is 17.6 Å². The minimum atomic E-state index is -0.0776. The van der Waals surface area contributed by atoms with Crippen LogP contribution in [0.1, 0.15) is 25.3 Å². The van der Waals surface area contributed by atoms with E-state index in [1.165, 1.54) is 0 Å². The molecule has 23 heavy (non-hydrogen) atoms. The molecule has 4 nitrogen and oxygen atoms in total. The molecule has 0 aliphatic heterocycles. The number of carbonyl (C=O) groups excluding carboxylic acids is 1. The summed E-state index contributed by atoms with van der Waals surface area (Å²) in [4.78, 5) is 12.0. The van der Waals surface area contributed by atoms with Crippen molar-refractivity contribution in [3.05, 3.63) is 54.1 Å². The number of anilines is 2. The first-order valence-electron chi connectivity index (χ1n) is 8.00. The lowest BCUT2D eigenvalue weighted by Crippen LogP contribution is -2.21. The summed E-state index contributed by atoms with van der Waals surface area (Å²) in [6.07, 6.45) is 2.16. The van der Waals surface area contributed by atoms with Crippen molar-refractivity contribution in [1.29, 1.82) is 0 Å². The number of benzene rings is 2. The number of hydrogen-bond donors (Lipinski definition) is 2.